The van der Waals surface area contributed by atoms with Gasteiger partial charge in [0.05, 0.1) is 0 Å². The lowest BCUT2D eigenvalue weighted by Crippen LogP contribution is -2.59. The zero-order valence-electron chi connectivity index (χ0n) is 10.2. The second-order valence-corrected chi connectivity index (χ2v) is 5.16. The van der Waals surface area contributed by atoms with E-state index < -0.39 is 0 Å². The smallest absolute Gasteiger partial charge is 0.0337 e. The van der Waals surface area contributed by atoms with Gasteiger partial charge in [-0.25, -0.2) is 0 Å². The molecular weight excluding hydrogens is 198 g/mol. The zero-order chi connectivity index (χ0) is 11.6. The highest BCUT2D eigenvalue weighted by Gasteiger charge is 2.43. The summed E-state index contributed by atoms with van der Waals surface area (Å²) in [5.41, 5.74) is 7.42. The number of aromatic nitrogens is 1. The summed E-state index contributed by atoms with van der Waals surface area (Å²) in [5, 5.41) is 0. The molecule has 0 radical (unpaired) electrons. The van der Waals surface area contributed by atoms with E-state index in [1.54, 1.807) is 0 Å². The molecule has 0 amide bonds. The van der Waals surface area contributed by atoms with Crippen LogP contribution in [0.4, 0.5) is 0 Å². The van der Waals surface area contributed by atoms with Crippen LogP contribution in [0.15, 0.2) is 24.5 Å². The largest absolute Gasteiger partial charge is 0.329 e. The lowest BCUT2D eigenvalue weighted by molar-refractivity contribution is 0.000228. The second kappa shape index (κ2) is 4.52. The van der Waals surface area contributed by atoms with Crippen molar-refractivity contribution in [3.63, 3.8) is 0 Å². The maximum atomic E-state index is 5.93. The molecule has 3 heteroatoms. The fourth-order valence-electron chi connectivity index (χ4n) is 2.80. The van der Waals surface area contributed by atoms with E-state index >= 15 is 0 Å². The molecule has 1 aromatic heterocycles. The van der Waals surface area contributed by atoms with E-state index in [0.29, 0.717) is 0 Å². The van der Waals surface area contributed by atoms with Crippen molar-refractivity contribution < 1.29 is 0 Å². The molecule has 0 bridgehead atoms. The van der Waals surface area contributed by atoms with E-state index in [9.17, 15) is 0 Å². The van der Waals surface area contributed by atoms with E-state index in [1.165, 1.54) is 18.4 Å². The van der Waals surface area contributed by atoms with Gasteiger partial charge in [-0.1, -0.05) is 13.0 Å². The molecule has 1 heterocycles. The van der Waals surface area contributed by atoms with Gasteiger partial charge in [0.25, 0.3) is 0 Å². The SMILES string of the molecule is CC1CC(CN)(N(C)Cc2cccnc2)C1. The maximum absolute atomic E-state index is 5.93. The van der Waals surface area contributed by atoms with Gasteiger partial charge in [0, 0.05) is 31.0 Å². The van der Waals surface area contributed by atoms with Crippen molar-refractivity contribution in [3.05, 3.63) is 30.1 Å². The third-order valence-corrected chi connectivity index (χ3v) is 3.79. The van der Waals surface area contributed by atoms with Crippen LogP contribution in [-0.4, -0.2) is 29.0 Å². The molecule has 0 spiro atoms. The molecule has 2 N–H and O–H groups in total. The molecule has 1 aliphatic carbocycles. The third-order valence-electron chi connectivity index (χ3n) is 3.79. The van der Waals surface area contributed by atoms with E-state index in [0.717, 1.165) is 19.0 Å². The molecule has 1 saturated carbocycles. The summed E-state index contributed by atoms with van der Waals surface area (Å²) in [6.07, 6.45) is 6.19. The highest BCUT2D eigenvalue weighted by atomic mass is 15.2. The minimum absolute atomic E-state index is 0.231. The molecule has 2 rings (SSSR count). The second-order valence-electron chi connectivity index (χ2n) is 5.16. The van der Waals surface area contributed by atoms with Crippen molar-refractivity contribution in [2.75, 3.05) is 13.6 Å². The molecule has 0 aliphatic heterocycles. The summed E-state index contributed by atoms with van der Waals surface area (Å²) < 4.78 is 0. The Morgan fingerprint density at radius 3 is 2.81 bits per heavy atom. The Morgan fingerprint density at radius 2 is 2.31 bits per heavy atom. The summed E-state index contributed by atoms with van der Waals surface area (Å²) in [5.74, 6) is 0.819. The van der Waals surface area contributed by atoms with Crippen LogP contribution in [0.3, 0.4) is 0 Å². The van der Waals surface area contributed by atoms with E-state index in [4.69, 9.17) is 5.73 Å². The van der Waals surface area contributed by atoms with E-state index in [-0.39, 0.29) is 5.54 Å². The summed E-state index contributed by atoms with van der Waals surface area (Å²) in [7, 11) is 2.17. The molecule has 0 atom stereocenters. The van der Waals surface area contributed by atoms with Gasteiger partial charge in [-0.15, -0.1) is 0 Å². The first-order valence-electron chi connectivity index (χ1n) is 5.96. The first kappa shape index (κ1) is 11.6. The van der Waals surface area contributed by atoms with Gasteiger partial charge in [0.1, 0.15) is 0 Å². The molecule has 1 aromatic rings. The Bertz CT molecular complexity index is 330. The Kier molecular flexibility index (Phi) is 3.26. The lowest BCUT2D eigenvalue weighted by atomic mass is 9.68. The Morgan fingerprint density at radius 1 is 1.56 bits per heavy atom. The quantitative estimate of drug-likeness (QED) is 0.837. The number of pyridine rings is 1. The Balaban J connectivity index is 2.00. The molecule has 3 nitrogen and oxygen atoms in total. The number of rotatable bonds is 4. The number of nitrogens with zero attached hydrogens (tertiary/aromatic N) is 2. The molecule has 16 heavy (non-hydrogen) atoms. The van der Waals surface area contributed by atoms with Gasteiger partial charge in [-0.05, 0) is 37.4 Å². The van der Waals surface area contributed by atoms with Crippen LogP contribution in [0.5, 0.6) is 0 Å². The highest BCUT2D eigenvalue weighted by Crippen LogP contribution is 2.41. The van der Waals surface area contributed by atoms with Crippen molar-refractivity contribution in [1.82, 2.24) is 9.88 Å². The molecule has 0 saturated heterocycles. The van der Waals surface area contributed by atoms with Crippen molar-refractivity contribution in [2.45, 2.75) is 31.8 Å². The fourth-order valence-corrected chi connectivity index (χ4v) is 2.80. The van der Waals surface area contributed by atoms with Gasteiger partial charge in [-0.3, -0.25) is 9.88 Å². The first-order chi connectivity index (χ1) is 7.66. The Hall–Kier alpha value is -0.930. The van der Waals surface area contributed by atoms with E-state index in [2.05, 4.69) is 29.9 Å². The normalized spacial score (nSPS) is 29.1. The van der Waals surface area contributed by atoms with Gasteiger partial charge >= 0.3 is 0 Å². The maximum Gasteiger partial charge on any atom is 0.0337 e. The molecule has 1 fully saturated rings. The molecule has 88 valence electrons. The highest BCUT2D eigenvalue weighted by molar-refractivity contribution is 5.10. The summed E-state index contributed by atoms with van der Waals surface area (Å²) >= 11 is 0. The summed E-state index contributed by atoms with van der Waals surface area (Å²) in [6, 6.07) is 4.11. The van der Waals surface area contributed by atoms with Crippen LogP contribution in [0, 0.1) is 5.92 Å². The van der Waals surface area contributed by atoms with Crippen molar-refractivity contribution in [2.24, 2.45) is 11.7 Å². The van der Waals surface area contributed by atoms with Crippen molar-refractivity contribution in [3.8, 4) is 0 Å². The number of hydrogen-bond acceptors (Lipinski definition) is 3. The van der Waals surface area contributed by atoms with Gasteiger partial charge < -0.3 is 5.73 Å². The molecule has 0 unspecified atom stereocenters. The topological polar surface area (TPSA) is 42.1 Å². The van der Waals surface area contributed by atoms with Crippen LogP contribution in [-0.2, 0) is 6.54 Å². The van der Waals surface area contributed by atoms with Crippen molar-refractivity contribution in [1.29, 1.82) is 0 Å². The predicted molar refractivity (Wildman–Crippen MR) is 65.9 cm³/mol. The van der Waals surface area contributed by atoms with Gasteiger partial charge in [-0.2, -0.15) is 0 Å². The van der Waals surface area contributed by atoms with Crippen LogP contribution in [0.1, 0.15) is 25.3 Å². The number of hydrogen-bond donors (Lipinski definition) is 1. The summed E-state index contributed by atoms with van der Waals surface area (Å²) in [6.45, 7) is 4.00. The van der Waals surface area contributed by atoms with Crippen LogP contribution in [0.25, 0.3) is 0 Å². The number of likely N-dealkylation sites (N-methyl/N-ethyl adjacent to an activating group) is 1. The van der Waals surface area contributed by atoms with Crippen molar-refractivity contribution >= 4 is 0 Å². The fraction of sp³-hybridized carbons (Fsp3) is 0.615. The Labute approximate surface area is 97.7 Å². The molecular formula is C13H21N3. The minimum Gasteiger partial charge on any atom is -0.329 e. The first-order valence-corrected chi connectivity index (χ1v) is 5.96. The zero-order valence-corrected chi connectivity index (χ0v) is 10.2. The average molecular weight is 219 g/mol. The van der Waals surface area contributed by atoms with Gasteiger partial charge in [0.15, 0.2) is 0 Å². The summed E-state index contributed by atoms with van der Waals surface area (Å²) in [4.78, 5) is 6.54. The predicted octanol–water partition coefficient (Wildman–Crippen LogP) is 1.64. The minimum atomic E-state index is 0.231. The van der Waals surface area contributed by atoms with Crippen LogP contribution in [0.2, 0.25) is 0 Å². The van der Waals surface area contributed by atoms with Crippen LogP contribution < -0.4 is 5.73 Å². The van der Waals surface area contributed by atoms with Crippen LogP contribution >= 0.6 is 0 Å². The standard InChI is InChI=1S/C13H21N3/c1-11-6-13(7-11,10-14)16(2)9-12-4-3-5-15-8-12/h3-5,8,11H,6-7,9-10,14H2,1-2H3. The monoisotopic (exact) mass is 219 g/mol. The number of nitrogens with two attached hydrogens (primary N) is 1. The van der Waals surface area contributed by atoms with E-state index in [1.807, 2.05) is 18.5 Å². The van der Waals surface area contributed by atoms with Gasteiger partial charge in [0.2, 0.25) is 0 Å². The third kappa shape index (κ3) is 2.11. The molecule has 0 aromatic carbocycles. The average Bonchev–Trinajstić information content (AvgIpc) is 2.25. The molecule has 1 aliphatic rings. The lowest BCUT2D eigenvalue weighted by Gasteiger charge is -2.52.